The predicted octanol–water partition coefficient (Wildman–Crippen LogP) is 5.38. The third-order valence-corrected chi connectivity index (χ3v) is 10.9. The molecule has 0 atom stereocenters. The van der Waals surface area contributed by atoms with Gasteiger partial charge in [0.25, 0.3) is 5.91 Å². The monoisotopic (exact) mass is 755 g/mol. The van der Waals surface area contributed by atoms with Gasteiger partial charge >= 0.3 is 0 Å². The molecule has 0 aliphatic carbocycles. The number of benzene rings is 3. The first-order chi connectivity index (χ1) is 27.4. The van der Waals surface area contributed by atoms with Gasteiger partial charge in [-0.3, -0.25) is 4.79 Å². The number of carbonyl (C=O) groups excluding carboxylic acids is 1. The molecule has 0 N–H and O–H groups in total. The fourth-order valence-electron chi connectivity index (χ4n) is 7.55. The quantitative estimate of drug-likeness (QED) is 0.173. The van der Waals surface area contributed by atoms with Gasteiger partial charge in [0.1, 0.15) is 17.3 Å². The molecule has 290 valence electrons. The van der Waals surface area contributed by atoms with Crippen molar-refractivity contribution < 1.29 is 19.0 Å². The van der Waals surface area contributed by atoms with E-state index in [9.17, 15) is 4.79 Å². The standard InChI is InChI=1S/C43H49N9O4/c1-30-5-10-33(41(53)49-19-17-48(2)18-20-49)25-38(30)52-16-15-37-39(46-43(47-40(37)52)50-21-23-56-24-22-50)34-26-44-42(45-27-34)51(28-31-6-11-35(54-3)12-7-31)29-32-8-13-36(55-4)14-9-32/h5-14,25-27H,15-24,28-29H2,1-4H3. The molecule has 3 aliphatic rings. The number of rotatable bonds is 11. The van der Waals surface area contributed by atoms with E-state index in [2.05, 4.69) is 63.9 Å². The van der Waals surface area contributed by atoms with Crippen LogP contribution in [0.3, 0.4) is 0 Å². The van der Waals surface area contributed by atoms with Gasteiger partial charge in [0, 0.05) is 93.7 Å². The van der Waals surface area contributed by atoms with E-state index in [1.165, 1.54) is 0 Å². The molecule has 1 amide bonds. The Bertz CT molecular complexity index is 2080. The van der Waals surface area contributed by atoms with Gasteiger partial charge in [0.15, 0.2) is 0 Å². The lowest BCUT2D eigenvalue weighted by atomic mass is 10.1. The number of nitrogens with zero attached hydrogens (tertiary/aromatic N) is 9. The lowest BCUT2D eigenvalue weighted by molar-refractivity contribution is 0.0664. The Morgan fingerprint density at radius 1 is 0.786 bits per heavy atom. The van der Waals surface area contributed by atoms with Crippen molar-refractivity contribution in [2.45, 2.75) is 26.4 Å². The van der Waals surface area contributed by atoms with Crippen LogP contribution in [0.1, 0.15) is 32.6 Å². The number of carbonyl (C=O) groups is 1. The smallest absolute Gasteiger partial charge is 0.254 e. The average molecular weight is 756 g/mol. The molecule has 8 rings (SSSR count). The highest BCUT2D eigenvalue weighted by atomic mass is 16.5. The summed E-state index contributed by atoms with van der Waals surface area (Å²) >= 11 is 0. The number of methoxy groups -OCH3 is 2. The highest BCUT2D eigenvalue weighted by Gasteiger charge is 2.31. The highest BCUT2D eigenvalue weighted by molar-refractivity contribution is 5.96. The maximum absolute atomic E-state index is 13.7. The molecule has 0 spiro atoms. The van der Waals surface area contributed by atoms with Crippen molar-refractivity contribution in [1.29, 1.82) is 0 Å². The molecule has 0 saturated carbocycles. The molecule has 56 heavy (non-hydrogen) atoms. The molecule has 5 aromatic rings. The van der Waals surface area contributed by atoms with E-state index in [0.29, 0.717) is 63.4 Å². The summed E-state index contributed by atoms with van der Waals surface area (Å²) in [7, 11) is 5.44. The molecule has 13 nitrogen and oxygen atoms in total. The van der Waals surface area contributed by atoms with E-state index >= 15 is 0 Å². The third-order valence-electron chi connectivity index (χ3n) is 10.9. The minimum atomic E-state index is 0.0708. The summed E-state index contributed by atoms with van der Waals surface area (Å²) in [6, 6.07) is 22.2. The van der Waals surface area contributed by atoms with Crippen LogP contribution in [0.15, 0.2) is 79.1 Å². The molecule has 5 heterocycles. The van der Waals surface area contributed by atoms with E-state index in [4.69, 9.17) is 34.1 Å². The number of aryl methyl sites for hydroxylation is 1. The topological polar surface area (TPSA) is 113 Å². The van der Waals surface area contributed by atoms with Gasteiger partial charge in [0.05, 0.1) is 33.1 Å². The number of hydrogen-bond acceptors (Lipinski definition) is 12. The number of piperazine rings is 1. The Morgan fingerprint density at radius 3 is 2.02 bits per heavy atom. The first-order valence-corrected chi connectivity index (χ1v) is 19.3. The molecule has 2 aromatic heterocycles. The van der Waals surface area contributed by atoms with Gasteiger partial charge in [-0.25, -0.2) is 15.0 Å². The molecule has 0 unspecified atom stereocenters. The van der Waals surface area contributed by atoms with Gasteiger partial charge in [-0.05, 0) is 73.5 Å². The van der Waals surface area contributed by atoms with Crippen LogP contribution >= 0.6 is 0 Å². The van der Waals surface area contributed by atoms with E-state index in [0.717, 1.165) is 89.1 Å². The fourth-order valence-corrected chi connectivity index (χ4v) is 7.55. The second-order valence-corrected chi connectivity index (χ2v) is 14.6. The Balaban J connectivity index is 1.13. The van der Waals surface area contributed by atoms with Crippen molar-refractivity contribution in [3.63, 3.8) is 0 Å². The lowest BCUT2D eigenvalue weighted by Crippen LogP contribution is -2.47. The zero-order chi connectivity index (χ0) is 38.6. The third kappa shape index (κ3) is 7.96. The molecule has 13 heteroatoms. The van der Waals surface area contributed by atoms with Crippen LogP contribution in [0.4, 0.5) is 23.4 Å². The van der Waals surface area contributed by atoms with Crippen LogP contribution < -0.4 is 24.2 Å². The van der Waals surface area contributed by atoms with Gasteiger partial charge in [0.2, 0.25) is 11.9 Å². The van der Waals surface area contributed by atoms with Crippen LogP contribution in [-0.4, -0.2) is 116 Å². The molecule has 2 fully saturated rings. The Kier molecular flexibility index (Phi) is 11.0. The van der Waals surface area contributed by atoms with Crippen LogP contribution in [0.25, 0.3) is 11.3 Å². The minimum absolute atomic E-state index is 0.0708. The zero-order valence-corrected chi connectivity index (χ0v) is 32.6. The first-order valence-electron chi connectivity index (χ1n) is 19.3. The van der Waals surface area contributed by atoms with Crippen molar-refractivity contribution in [3.05, 3.63) is 107 Å². The van der Waals surface area contributed by atoms with Gasteiger partial charge in [-0.15, -0.1) is 0 Å². The van der Waals surface area contributed by atoms with E-state index in [1.807, 2.05) is 53.7 Å². The fraction of sp³-hybridized carbons (Fsp3) is 0.372. The Labute approximate surface area is 328 Å². The maximum Gasteiger partial charge on any atom is 0.254 e. The second kappa shape index (κ2) is 16.5. The molecule has 2 saturated heterocycles. The largest absolute Gasteiger partial charge is 0.497 e. The number of fused-ring (bicyclic) bond motifs is 1. The number of morpholine rings is 1. The summed E-state index contributed by atoms with van der Waals surface area (Å²) in [5.74, 6) is 3.81. The van der Waals surface area contributed by atoms with Crippen molar-refractivity contribution in [3.8, 4) is 22.8 Å². The normalized spacial score (nSPS) is 15.8. The average Bonchev–Trinajstić information content (AvgIpc) is 3.68. The number of ether oxygens (including phenoxy) is 3. The van der Waals surface area contributed by atoms with Crippen molar-refractivity contribution >= 4 is 29.3 Å². The van der Waals surface area contributed by atoms with E-state index in [-0.39, 0.29) is 5.91 Å². The van der Waals surface area contributed by atoms with E-state index in [1.54, 1.807) is 14.2 Å². The summed E-state index contributed by atoms with van der Waals surface area (Å²) in [5.41, 5.74) is 7.69. The van der Waals surface area contributed by atoms with Crippen LogP contribution in [-0.2, 0) is 24.2 Å². The summed E-state index contributed by atoms with van der Waals surface area (Å²) < 4.78 is 16.5. The Hall–Kier alpha value is -5.79. The number of aromatic nitrogens is 4. The predicted molar refractivity (Wildman–Crippen MR) is 217 cm³/mol. The number of amides is 1. The number of likely N-dealkylation sites (N-methyl/N-ethyl adjacent to an activating group) is 1. The SMILES string of the molecule is COc1ccc(CN(Cc2ccc(OC)cc2)c2ncc(-c3nc(N4CCOCC4)nc4c3CCN4c3cc(C(=O)N4CCN(C)CC4)ccc3C)cn2)cc1. The molecule has 0 radical (unpaired) electrons. The minimum Gasteiger partial charge on any atom is -0.497 e. The number of anilines is 4. The van der Waals surface area contributed by atoms with Crippen molar-refractivity contribution in [2.75, 3.05) is 95.0 Å². The van der Waals surface area contributed by atoms with Crippen LogP contribution in [0, 0.1) is 6.92 Å². The van der Waals surface area contributed by atoms with E-state index < -0.39 is 0 Å². The summed E-state index contributed by atoms with van der Waals surface area (Å²) in [4.78, 5) is 44.8. The summed E-state index contributed by atoms with van der Waals surface area (Å²) in [6.45, 7) is 9.86. The molecule has 3 aromatic carbocycles. The second-order valence-electron chi connectivity index (χ2n) is 14.6. The maximum atomic E-state index is 13.7. The lowest BCUT2D eigenvalue weighted by Gasteiger charge is -2.32. The molecular weight excluding hydrogens is 707 g/mol. The van der Waals surface area contributed by atoms with Gasteiger partial charge < -0.3 is 38.7 Å². The molecule has 0 bridgehead atoms. The Morgan fingerprint density at radius 2 is 1.41 bits per heavy atom. The van der Waals surface area contributed by atoms with Crippen molar-refractivity contribution in [2.24, 2.45) is 0 Å². The van der Waals surface area contributed by atoms with Gasteiger partial charge in [-0.2, -0.15) is 4.98 Å². The zero-order valence-electron chi connectivity index (χ0n) is 32.6. The van der Waals surface area contributed by atoms with Crippen molar-refractivity contribution in [1.82, 2.24) is 29.7 Å². The summed E-state index contributed by atoms with van der Waals surface area (Å²) in [5, 5.41) is 0. The molecule has 3 aliphatic heterocycles. The highest BCUT2D eigenvalue weighted by Crippen LogP contribution is 2.41. The first kappa shape index (κ1) is 37.1. The van der Waals surface area contributed by atoms with Gasteiger partial charge in [-0.1, -0.05) is 30.3 Å². The van der Waals surface area contributed by atoms with Crippen LogP contribution in [0.2, 0.25) is 0 Å². The number of hydrogen-bond donors (Lipinski definition) is 0. The molecular formula is C43H49N9O4. The van der Waals surface area contributed by atoms with Crippen LogP contribution in [0.5, 0.6) is 11.5 Å². The summed E-state index contributed by atoms with van der Waals surface area (Å²) in [6.07, 6.45) is 4.51.